The van der Waals surface area contributed by atoms with Crippen LogP contribution in [0.4, 0.5) is 17.5 Å². The van der Waals surface area contributed by atoms with E-state index in [0.717, 1.165) is 54.7 Å². The van der Waals surface area contributed by atoms with E-state index in [0.29, 0.717) is 23.9 Å². The zero-order chi connectivity index (χ0) is 24.0. The Balaban J connectivity index is 0.00000408. The predicted octanol–water partition coefficient (Wildman–Crippen LogP) is 4.42. The van der Waals surface area contributed by atoms with E-state index in [1.54, 1.807) is 19.2 Å². The number of carbonyl (C=O) groups is 1. The molecule has 0 atom stereocenters. The van der Waals surface area contributed by atoms with Gasteiger partial charge in [-0.25, -0.2) is 9.97 Å². The Hall–Kier alpha value is -2.84. The Morgan fingerprint density at radius 1 is 1.03 bits per heavy atom. The number of aromatic nitrogens is 3. The van der Waals surface area contributed by atoms with Gasteiger partial charge in [-0.1, -0.05) is 27.7 Å². The van der Waals surface area contributed by atoms with Crippen LogP contribution in [0.3, 0.4) is 0 Å². The van der Waals surface area contributed by atoms with Gasteiger partial charge in [0.05, 0.1) is 0 Å². The molecule has 0 radical (unpaired) electrons. The minimum absolute atomic E-state index is 0. The zero-order valence-electron chi connectivity index (χ0n) is 20.8. The summed E-state index contributed by atoms with van der Waals surface area (Å²) < 4.78 is 2.10. The van der Waals surface area contributed by atoms with Crippen molar-refractivity contribution in [2.24, 2.45) is 17.6 Å². The van der Waals surface area contributed by atoms with E-state index < -0.39 is 0 Å². The summed E-state index contributed by atoms with van der Waals surface area (Å²) in [6.07, 6.45) is 0.823. The second-order valence-corrected chi connectivity index (χ2v) is 9.22. The molecule has 2 aromatic heterocycles. The predicted molar refractivity (Wildman–Crippen MR) is 143 cm³/mol. The highest BCUT2D eigenvalue weighted by atomic mass is 35.5. The maximum absolute atomic E-state index is 11.8. The van der Waals surface area contributed by atoms with Gasteiger partial charge in [-0.2, -0.15) is 0 Å². The number of pyridine rings is 1. The number of imidazole rings is 1. The molecule has 0 aliphatic heterocycles. The molecule has 0 unspecified atom stereocenters. The summed E-state index contributed by atoms with van der Waals surface area (Å²) in [7, 11) is 1.62. The summed E-state index contributed by atoms with van der Waals surface area (Å²) >= 11 is 0. The van der Waals surface area contributed by atoms with E-state index in [2.05, 4.69) is 53.9 Å². The Kier molecular flexibility index (Phi) is 10.1. The van der Waals surface area contributed by atoms with E-state index in [1.807, 2.05) is 18.2 Å². The minimum atomic E-state index is -0.110. The Bertz CT molecular complexity index is 1050. The molecule has 8 nitrogen and oxygen atoms in total. The number of carbonyl (C=O) groups excluding carboxylic acids is 1. The molecule has 0 aliphatic rings. The third-order valence-electron chi connectivity index (χ3n) is 5.29. The molecule has 2 heterocycles. The van der Waals surface area contributed by atoms with Gasteiger partial charge in [0.1, 0.15) is 11.3 Å². The fourth-order valence-electron chi connectivity index (χ4n) is 3.85. The van der Waals surface area contributed by atoms with Crippen LogP contribution in [0.5, 0.6) is 0 Å². The Morgan fingerprint density at radius 2 is 1.68 bits per heavy atom. The van der Waals surface area contributed by atoms with Crippen LogP contribution in [-0.4, -0.2) is 47.1 Å². The Morgan fingerprint density at radius 3 is 2.24 bits per heavy atom. The van der Waals surface area contributed by atoms with E-state index >= 15 is 0 Å². The van der Waals surface area contributed by atoms with Gasteiger partial charge in [0, 0.05) is 37.9 Å². The summed E-state index contributed by atoms with van der Waals surface area (Å²) in [5.41, 5.74) is 8.98. The third kappa shape index (κ3) is 6.84. The molecule has 0 aliphatic carbocycles. The second-order valence-electron chi connectivity index (χ2n) is 9.22. The average Bonchev–Trinajstić information content (AvgIpc) is 3.12. The third-order valence-corrected chi connectivity index (χ3v) is 5.29. The molecule has 9 heteroatoms. The van der Waals surface area contributed by atoms with Crippen LogP contribution in [0, 0.1) is 11.8 Å². The van der Waals surface area contributed by atoms with Crippen LogP contribution >= 0.6 is 12.4 Å². The number of nitrogens with one attached hydrogen (secondary N) is 2. The number of fused-ring (bicyclic) bond motifs is 1. The van der Waals surface area contributed by atoms with Crippen molar-refractivity contribution in [2.45, 2.75) is 40.7 Å². The van der Waals surface area contributed by atoms with Crippen molar-refractivity contribution in [3.8, 4) is 0 Å². The molecule has 0 saturated carbocycles. The maximum Gasteiger partial charge on any atom is 0.251 e. The minimum Gasteiger partial charge on any atom is -0.356 e. The van der Waals surface area contributed by atoms with Crippen molar-refractivity contribution >= 4 is 46.9 Å². The molecule has 3 aromatic rings. The molecule has 3 rings (SSSR count). The van der Waals surface area contributed by atoms with Crippen molar-refractivity contribution in [3.05, 3.63) is 42.0 Å². The zero-order valence-corrected chi connectivity index (χ0v) is 21.7. The molecular formula is C25H38ClN7O. The SMILES string of the molecule is CNC(=O)c1ccc(Nc2nc3ccc(N(CC(C)C)CC(C)C)nc3n2CCCN)cc1.Cl. The number of nitrogens with zero attached hydrogens (tertiary/aromatic N) is 4. The van der Waals surface area contributed by atoms with E-state index in [4.69, 9.17) is 15.7 Å². The highest BCUT2D eigenvalue weighted by molar-refractivity contribution is 5.94. The number of amides is 1. The van der Waals surface area contributed by atoms with Gasteiger partial charge in [-0.3, -0.25) is 9.36 Å². The van der Waals surface area contributed by atoms with Crippen LogP contribution in [0.25, 0.3) is 11.2 Å². The summed E-state index contributed by atoms with van der Waals surface area (Å²) in [5.74, 6) is 2.66. The van der Waals surface area contributed by atoms with Crippen LogP contribution in [0.15, 0.2) is 36.4 Å². The largest absolute Gasteiger partial charge is 0.356 e. The lowest BCUT2D eigenvalue weighted by Crippen LogP contribution is -2.32. The lowest BCUT2D eigenvalue weighted by Gasteiger charge is -2.27. The molecule has 1 aromatic carbocycles. The first kappa shape index (κ1) is 27.4. The number of rotatable bonds is 11. The molecule has 0 saturated heterocycles. The van der Waals surface area contributed by atoms with Crippen molar-refractivity contribution in [1.82, 2.24) is 19.9 Å². The van der Waals surface area contributed by atoms with Gasteiger partial charge < -0.3 is 21.3 Å². The summed E-state index contributed by atoms with van der Waals surface area (Å²) in [5, 5.41) is 6.03. The Labute approximate surface area is 208 Å². The first-order chi connectivity index (χ1) is 15.8. The topological polar surface area (TPSA) is 101 Å². The van der Waals surface area contributed by atoms with Crippen LogP contribution in [0.2, 0.25) is 0 Å². The van der Waals surface area contributed by atoms with Crippen LogP contribution in [-0.2, 0) is 6.54 Å². The molecule has 34 heavy (non-hydrogen) atoms. The fourth-order valence-corrected chi connectivity index (χ4v) is 3.85. The van der Waals surface area contributed by atoms with Crippen molar-refractivity contribution in [1.29, 1.82) is 0 Å². The molecule has 0 spiro atoms. The van der Waals surface area contributed by atoms with E-state index in [1.165, 1.54) is 0 Å². The summed E-state index contributed by atoms with van der Waals surface area (Å²) in [6.45, 7) is 12.1. The number of anilines is 3. The van der Waals surface area contributed by atoms with Gasteiger partial charge in [-0.15, -0.1) is 12.4 Å². The summed E-state index contributed by atoms with van der Waals surface area (Å²) in [4.78, 5) is 24.0. The molecule has 1 amide bonds. The van der Waals surface area contributed by atoms with Gasteiger partial charge in [0.15, 0.2) is 5.65 Å². The first-order valence-electron chi connectivity index (χ1n) is 11.7. The number of halogens is 1. The number of aryl methyl sites for hydroxylation is 1. The van der Waals surface area contributed by atoms with Gasteiger partial charge in [0.25, 0.3) is 5.91 Å². The van der Waals surface area contributed by atoms with Crippen LogP contribution < -0.4 is 21.3 Å². The average molecular weight is 488 g/mol. The molecule has 0 bridgehead atoms. The molecule has 186 valence electrons. The molecule has 0 fully saturated rings. The smallest absolute Gasteiger partial charge is 0.251 e. The number of benzene rings is 1. The molecule has 4 N–H and O–H groups in total. The van der Waals surface area contributed by atoms with E-state index in [9.17, 15) is 4.79 Å². The quantitative estimate of drug-likeness (QED) is 0.370. The second kappa shape index (κ2) is 12.6. The van der Waals surface area contributed by atoms with Crippen molar-refractivity contribution in [2.75, 3.05) is 36.9 Å². The highest BCUT2D eigenvalue weighted by Gasteiger charge is 2.17. The van der Waals surface area contributed by atoms with Gasteiger partial charge in [-0.05, 0) is 61.2 Å². The maximum atomic E-state index is 11.8. The van der Waals surface area contributed by atoms with Gasteiger partial charge >= 0.3 is 0 Å². The van der Waals surface area contributed by atoms with Crippen molar-refractivity contribution < 1.29 is 4.79 Å². The van der Waals surface area contributed by atoms with Crippen LogP contribution in [0.1, 0.15) is 44.5 Å². The fraction of sp³-hybridized carbons (Fsp3) is 0.480. The number of hydrogen-bond donors (Lipinski definition) is 3. The normalized spacial score (nSPS) is 11.1. The number of hydrogen-bond acceptors (Lipinski definition) is 6. The first-order valence-corrected chi connectivity index (χ1v) is 11.7. The van der Waals surface area contributed by atoms with Crippen molar-refractivity contribution in [3.63, 3.8) is 0 Å². The highest BCUT2D eigenvalue weighted by Crippen LogP contribution is 2.25. The molecular weight excluding hydrogens is 450 g/mol. The lowest BCUT2D eigenvalue weighted by atomic mass is 10.1. The number of nitrogens with two attached hydrogens (primary N) is 1. The lowest BCUT2D eigenvalue weighted by molar-refractivity contribution is 0.0963. The standard InChI is InChI=1S/C25H37N7O.ClH/c1-17(2)15-31(16-18(3)4)22-12-11-21-23(30-22)32(14-6-13-26)25(29-21)28-20-9-7-19(8-10-20)24(33)27-5;/h7-12,17-18H,6,13-16,26H2,1-5H3,(H,27,33)(H,28,29);1H. The summed E-state index contributed by atoms with van der Waals surface area (Å²) in [6, 6.07) is 11.5. The van der Waals surface area contributed by atoms with Gasteiger partial charge in [0.2, 0.25) is 5.95 Å². The monoisotopic (exact) mass is 487 g/mol. The van der Waals surface area contributed by atoms with E-state index in [-0.39, 0.29) is 18.3 Å².